The summed E-state index contributed by atoms with van der Waals surface area (Å²) in [6.45, 7) is 5.11. The van der Waals surface area contributed by atoms with Gasteiger partial charge < -0.3 is 10.5 Å². The van der Waals surface area contributed by atoms with Crippen LogP contribution in [-0.2, 0) is 0 Å². The minimum absolute atomic E-state index is 0.107. The molecule has 1 heterocycles. The minimum atomic E-state index is -0.107. The van der Waals surface area contributed by atoms with Crippen LogP contribution in [0.3, 0.4) is 0 Å². The van der Waals surface area contributed by atoms with E-state index in [-0.39, 0.29) is 5.78 Å². The standard InChI is InChI=1S/C14H15N3O2/c1-8-6-14(17-10(3)16-8)19-13-5-4-11(15)7-12(13)9(2)18/h4-7H,15H2,1-3H3. The molecule has 98 valence electrons. The van der Waals surface area contributed by atoms with Gasteiger partial charge in [0.1, 0.15) is 11.6 Å². The lowest BCUT2D eigenvalue weighted by atomic mass is 10.1. The Morgan fingerprint density at radius 2 is 1.95 bits per heavy atom. The maximum atomic E-state index is 11.6. The molecule has 1 aromatic heterocycles. The van der Waals surface area contributed by atoms with Gasteiger partial charge in [0.2, 0.25) is 5.88 Å². The molecule has 0 spiro atoms. The second-order valence-corrected chi connectivity index (χ2v) is 4.31. The third kappa shape index (κ3) is 3.07. The van der Waals surface area contributed by atoms with Crippen molar-refractivity contribution in [1.82, 2.24) is 9.97 Å². The van der Waals surface area contributed by atoms with Gasteiger partial charge in [-0.1, -0.05) is 0 Å². The average Bonchev–Trinajstić information content (AvgIpc) is 2.30. The van der Waals surface area contributed by atoms with Crippen LogP contribution in [0.15, 0.2) is 24.3 Å². The van der Waals surface area contributed by atoms with E-state index in [2.05, 4.69) is 9.97 Å². The number of Topliss-reactive ketones (excluding diaryl/α,β-unsaturated/α-hetero) is 1. The van der Waals surface area contributed by atoms with Gasteiger partial charge in [-0.05, 0) is 39.0 Å². The number of carbonyl (C=O) groups is 1. The highest BCUT2D eigenvalue weighted by atomic mass is 16.5. The van der Waals surface area contributed by atoms with Crippen LogP contribution < -0.4 is 10.5 Å². The first-order chi connectivity index (χ1) is 8.95. The van der Waals surface area contributed by atoms with Gasteiger partial charge in [-0.25, -0.2) is 4.98 Å². The van der Waals surface area contributed by atoms with Crippen LogP contribution in [0.5, 0.6) is 11.6 Å². The molecule has 5 heteroatoms. The molecule has 5 nitrogen and oxygen atoms in total. The van der Waals surface area contributed by atoms with Gasteiger partial charge in [0.05, 0.1) is 5.56 Å². The summed E-state index contributed by atoms with van der Waals surface area (Å²) in [6, 6.07) is 6.66. The molecule has 2 aromatic rings. The predicted octanol–water partition coefficient (Wildman–Crippen LogP) is 2.67. The van der Waals surface area contributed by atoms with Crippen LogP contribution in [0, 0.1) is 13.8 Å². The number of aromatic nitrogens is 2. The number of nitrogen functional groups attached to an aromatic ring is 1. The third-order valence-electron chi connectivity index (χ3n) is 2.54. The molecule has 0 aliphatic rings. The van der Waals surface area contributed by atoms with Gasteiger partial charge in [-0.3, -0.25) is 4.79 Å². The number of benzene rings is 1. The zero-order valence-corrected chi connectivity index (χ0v) is 11.1. The summed E-state index contributed by atoms with van der Waals surface area (Å²) in [7, 11) is 0. The van der Waals surface area contributed by atoms with Crippen molar-refractivity contribution in [3.05, 3.63) is 41.3 Å². The normalized spacial score (nSPS) is 10.3. The van der Waals surface area contributed by atoms with E-state index < -0.39 is 0 Å². The Kier molecular flexibility index (Phi) is 3.46. The number of carbonyl (C=O) groups excluding carboxylic acids is 1. The molecule has 0 amide bonds. The lowest BCUT2D eigenvalue weighted by Gasteiger charge is -2.10. The molecular weight excluding hydrogens is 242 g/mol. The highest BCUT2D eigenvalue weighted by Gasteiger charge is 2.11. The molecule has 0 fully saturated rings. The second kappa shape index (κ2) is 5.06. The summed E-state index contributed by atoms with van der Waals surface area (Å²) >= 11 is 0. The monoisotopic (exact) mass is 257 g/mol. The van der Waals surface area contributed by atoms with Gasteiger partial charge in [0.15, 0.2) is 5.78 Å². The number of ether oxygens (including phenoxy) is 1. The Morgan fingerprint density at radius 3 is 2.58 bits per heavy atom. The zero-order valence-electron chi connectivity index (χ0n) is 11.1. The van der Waals surface area contributed by atoms with Crippen LogP contribution in [0.2, 0.25) is 0 Å². The fraction of sp³-hybridized carbons (Fsp3) is 0.214. The van der Waals surface area contributed by atoms with Crippen molar-refractivity contribution in [2.75, 3.05) is 5.73 Å². The Morgan fingerprint density at radius 1 is 1.21 bits per heavy atom. The number of ketones is 1. The van der Waals surface area contributed by atoms with Crippen LogP contribution in [0.1, 0.15) is 28.8 Å². The SMILES string of the molecule is CC(=O)c1cc(N)ccc1Oc1cc(C)nc(C)n1. The van der Waals surface area contributed by atoms with Gasteiger partial charge >= 0.3 is 0 Å². The number of hydrogen-bond donors (Lipinski definition) is 1. The predicted molar refractivity (Wildman–Crippen MR) is 72.4 cm³/mol. The van der Waals surface area contributed by atoms with Crippen LogP contribution in [0.4, 0.5) is 5.69 Å². The maximum absolute atomic E-state index is 11.6. The third-order valence-corrected chi connectivity index (χ3v) is 2.54. The molecule has 19 heavy (non-hydrogen) atoms. The summed E-state index contributed by atoms with van der Waals surface area (Å²) in [6.07, 6.45) is 0. The van der Waals surface area contributed by atoms with Gasteiger partial charge in [-0.15, -0.1) is 0 Å². The fourth-order valence-corrected chi connectivity index (χ4v) is 1.76. The lowest BCUT2D eigenvalue weighted by molar-refractivity contribution is 0.101. The quantitative estimate of drug-likeness (QED) is 0.675. The number of rotatable bonds is 3. The van der Waals surface area contributed by atoms with E-state index in [1.165, 1.54) is 6.92 Å². The molecule has 0 aliphatic heterocycles. The van der Waals surface area contributed by atoms with Crippen molar-refractivity contribution in [3.63, 3.8) is 0 Å². The Hall–Kier alpha value is -2.43. The van der Waals surface area contributed by atoms with Crippen LogP contribution in [-0.4, -0.2) is 15.8 Å². The van der Waals surface area contributed by atoms with Crippen LogP contribution in [0.25, 0.3) is 0 Å². The number of anilines is 1. The van der Waals surface area contributed by atoms with Crippen molar-refractivity contribution in [2.24, 2.45) is 0 Å². The molecule has 0 radical (unpaired) electrons. The number of hydrogen-bond acceptors (Lipinski definition) is 5. The first kappa shape index (κ1) is 13.0. The van der Waals surface area contributed by atoms with Gasteiger partial charge in [0, 0.05) is 17.4 Å². The van der Waals surface area contributed by atoms with E-state index in [1.54, 1.807) is 31.2 Å². The molecule has 0 saturated carbocycles. The number of nitrogens with zero attached hydrogens (tertiary/aromatic N) is 2. The second-order valence-electron chi connectivity index (χ2n) is 4.31. The van der Waals surface area contributed by atoms with Crippen molar-refractivity contribution >= 4 is 11.5 Å². The maximum Gasteiger partial charge on any atom is 0.222 e. The summed E-state index contributed by atoms with van der Waals surface area (Å²) < 4.78 is 5.66. The highest BCUT2D eigenvalue weighted by Crippen LogP contribution is 2.26. The van der Waals surface area contributed by atoms with Crippen molar-refractivity contribution in [1.29, 1.82) is 0 Å². The Labute approximate surface area is 111 Å². The number of aryl methyl sites for hydroxylation is 2. The molecule has 0 unspecified atom stereocenters. The molecule has 0 bridgehead atoms. The van der Waals surface area contributed by atoms with Crippen LogP contribution >= 0.6 is 0 Å². The average molecular weight is 257 g/mol. The lowest BCUT2D eigenvalue weighted by Crippen LogP contribution is -2.01. The highest BCUT2D eigenvalue weighted by molar-refractivity contribution is 5.97. The van der Waals surface area contributed by atoms with E-state index in [1.807, 2.05) is 6.92 Å². The molecule has 1 aromatic carbocycles. The Bertz CT molecular complexity index is 618. The summed E-state index contributed by atoms with van der Waals surface area (Å²) in [5.74, 6) is 1.37. The smallest absolute Gasteiger partial charge is 0.222 e. The molecule has 2 N–H and O–H groups in total. The first-order valence-electron chi connectivity index (χ1n) is 5.86. The van der Waals surface area contributed by atoms with E-state index >= 15 is 0 Å². The fourth-order valence-electron chi connectivity index (χ4n) is 1.76. The Balaban J connectivity index is 2.40. The topological polar surface area (TPSA) is 78.1 Å². The molecule has 2 rings (SSSR count). The van der Waals surface area contributed by atoms with Crippen molar-refractivity contribution in [3.8, 4) is 11.6 Å². The van der Waals surface area contributed by atoms with E-state index in [4.69, 9.17) is 10.5 Å². The molecule has 0 atom stereocenters. The van der Waals surface area contributed by atoms with E-state index in [9.17, 15) is 4.79 Å². The summed E-state index contributed by atoms with van der Waals surface area (Å²) in [5, 5.41) is 0. The van der Waals surface area contributed by atoms with Crippen molar-refractivity contribution < 1.29 is 9.53 Å². The number of nitrogens with two attached hydrogens (primary N) is 1. The largest absolute Gasteiger partial charge is 0.438 e. The van der Waals surface area contributed by atoms with Gasteiger partial charge in [0.25, 0.3) is 0 Å². The molecule has 0 saturated heterocycles. The van der Waals surface area contributed by atoms with E-state index in [0.29, 0.717) is 28.7 Å². The summed E-state index contributed by atoms with van der Waals surface area (Å²) in [5.41, 5.74) is 7.44. The minimum Gasteiger partial charge on any atom is -0.438 e. The molecule has 0 aliphatic carbocycles. The zero-order chi connectivity index (χ0) is 14.0. The van der Waals surface area contributed by atoms with E-state index in [0.717, 1.165) is 5.69 Å². The first-order valence-corrected chi connectivity index (χ1v) is 5.86. The molecular formula is C14H15N3O2. The van der Waals surface area contributed by atoms with Gasteiger partial charge in [-0.2, -0.15) is 4.98 Å². The van der Waals surface area contributed by atoms with Crippen molar-refractivity contribution in [2.45, 2.75) is 20.8 Å². The summed E-state index contributed by atoms with van der Waals surface area (Å²) in [4.78, 5) is 19.9.